The smallest absolute Gasteiger partial charge is 0.0486 e. The third kappa shape index (κ3) is 3.19. The standard InChI is InChI=1S/C32H48N4/c1-19-12-22-15-30-26(31(16-19)24(22)5-3-9-34-31)7-8-28(36-30)23-13-27-29(33-18-23)14-21-11-20(2)17-32(27)25(21)6-4-10-35-32/h13,18-22,24-26,28,30,34-36H,3-12,14-17H2,1-2H3/t19-,20-,21+,22+,24-,25-,26-,28+,30-,31-,32-/m1/s1. The first-order chi connectivity index (χ1) is 17.6. The van der Waals surface area contributed by atoms with E-state index in [4.69, 9.17) is 4.98 Å². The summed E-state index contributed by atoms with van der Waals surface area (Å²) >= 11 is 0. The first-order valence-corrected chi connectivity index (χ1v) is 15.8. The minimum Gasteiger partial charge on any atom is -0.311 e. The van der Waals surface area contributed by atoms with Gasteiger partial charge in [-0.1, -0.05) is 13.8 Å². The molecule has 3 saturated carbocycles. The highest BCUT2D eigenvalue weighted by Gasteiger charge is 2.59. The number of nitrogens with zero attached hydrogens (tertiary/aromatic N) is 1. The number of hydrogen-bond donors (Lipinski definition) is 3. The fourth-order valence-electron chi connectivity index (χ4n) is 11.8. The average Bonchev–Trinajstić information content (AvgIpc) is 2.87. The number of rotatable bonds is 1. The number of nitrogens with one attached hydrogen (secondary N) is 3. The third-order valence-electron chi connectivity index (χ3n) is 12.7. The highest BCUT2D eigenvalue weighted by molar-refractivity contribution is 5.39. The summed E-state index contributed by atoms with van der Waals surface area (Å²) in [4.78, 5) is 5.23. The molecule has 1 aromatic rings. The van der Waals surface area contributed by atoms with Gasteiger partial charge in [0.2, 0.25) is 0 Å². The van der Waals surface area contributed by atoms with E-state index in [0.29, 0.717) is 17.6 Å². The maximum absolute atomic E-state index is 5.23. The van der Waals surface area contributed by atoms with Crippen molar-refractivity contribution >= 4 is 0 Å². The van der Waals surface area contributed by atoms with E-state index in [1.807, 2.05) is 0 Å². The molecule has 4 heterocycles. The van der Waals surface area contributed by atoms with Crippen molar-refractivity contribution in [1.82, 2.24) is 20.9 Å². The molecular formula is C32H48N4. The summed E-state index contributed by atoms with van der Waals surface area (Å²) < 4.78 is 0. The van der Waals surface area contributed by atoms with E-state index in [1.54, 1.807) is 5.56 Å². The third-order valence-corrected chi connectivity index (χ3v) is 12.7. The van der Waals surface area contributed by atoms with Gasteiger partial charge in [-0.2, -0.15) is 0 Å². The number of fused-ring (bicyclic) bond motifs is 2. The van der Waals surface area contributed by atoms with Gasteiger partial charge in [0, 0.05) is 35.1 Å². The monoisotopic (exact) mass is 488 g/mol. The zero-order chi connectivity index (χ0) is 24.1. The van der Waals surface area contributed by atoms with Crippen LogP contribution in [0, 0.1) is 41.4 Å². The molecule has 7 aliphatic rings. The molecule has 4 heteroatoms. The highest BCUT2D eigenvalue weighted by Crippen LogP contribution is 2.58. The summed E-state index contributed by atoms with van der Waals surface area (Å²) in [7, 11) is 0. The second-order valence-electron chi connectivity index (χ2n) is 14.7. The van der Waals surface area contributed by atoms with Gasteiger partial charge >= 0.3 is 0 Å². The second-order valence-corrected chi connectivity index (χ2v) is 14.7. The lowest BCUT2D eigenvalue weighted by Crippen LogP contribution is -2.72. The van der Waals surface area contributed by atoms with Gasteiger partial charge in [0.15, 0.2) is 0 Å². The maximum Gasteiger partial charge on any atom is 0.0486 e. The molecule has 4 bridgehead atoms. The van der Waals surface area contributed by atoms with Crippen LogP contribution in [0.2, 0.25) is 0 Å². The van der Waals surface area contributed by atoms with Gasteiger partial charge in [-0.15, -0.1) is 0 Å². The fourth-order valence-corrected chi connectivity index (χ4v) is 11.8. The topological polar surface area (TPSA) is 49.0 Å². The molecule has 11 atom stereocenters. The molecule has 4 aliphatic carbocycles. The summed E-state index contributed by atoms with van der Waals surface area (Å²) in [5.74, 6) is 6.03. The van der Waals surface area contributed by atoms with Gasteiger partial charge in [-0.05, 0) is 149 Å². The normalized spacial score (nSPS) is 51.3. The molecule has 3 aliphatic heterocycles. The van der Waals surface area contributed by atoms with E-state index in [9.17, 15) is 0 Å². The summed E-state index contributed by atoms with van der Waals surface area (Å²) in [6, 6.07) is 3.80. The zero-order valence-corrected chi connectivity index (χ0v) is 22.7. The van der Waals surface area contributed by atoms with Crippen molar-refractivity contribution in [3.63, 3.8) is 0 Å². The van der Waals surface area contributed by atoms with Crippen LogP contribution in [0.5, 0.6) is 0 Å². The molecule has 6 fully saturated rings. The lowest BCUT2D eigenvalue weighted by atomic mass is 9.48. The van der Waals surface area contributed by atoms with Crippen LogP contribution in [0.1, 0.15) is 107 Å². The summed E-state index contributed by atoms with van der Waals surface area (Å²) in [6.45, 7) is 7.45. The molecule has 4 nitrogen and oxygen atoms in total. The Bertz CT molecular complexity index is 1020. The minimum absolute atomic E-state index is 0.199. The van der Waals surface area contributed by atoms with Crippen molar-refractivity contribution in [2.45, 2.75) is 114 Å². The van der Waals surface area contributed by atoms with Crippen molar-refractivity contribution in [3.8, 4) is 0 Å². The largest absolute Gasteiger partial charge is 0.311 e. The molecular weight excluding hydrogens is 440 g/mol. The first-order valence-electron chi connectivity index (χ1n) is 15.8. The van der Waals surface area contributed by atoms with Crippen molar-refractivity contribution in [2.75, 3.05) is 13.1 Å². The van der Waals surface area contributed by atoms with E-state index in [-0.39, 0.29) is 5.54 Å². The SMILES string of the molecule is C[C@@H]1C[C@H]2C[C@H]3N[C@H](c4cnc5c(c4)[C@@]46C[C@H](C)C[C@@H](C5)[C@H]4CCCN6)CC[C@H]3[C@]3(C1)NCCC[C@H]23. The van der Waals surface area contributed by atoms with Gasteiger partial charge in [-0.3, -0.25) is 4.98 Å². The predicted octanol–water partition coefficient (Wildman–Crippen LogP) is 5.48. The fraction of sp³-hybridized carbons (Fsp3) is 0.844. The van der Waals surface area contributed by atoms with Gasteiger partial charge in [0.25, 0.3) is 0 Å². The molecule has 0 amide bonds. The Morgan fingerprint density at radius 3 is 2.56 bits per heavy atom. The molecule has 0 unspecified atom stereocenters. The van der Waals surface area contributed by atoms with E-state index in [0.717, 1.165) is 41.4 Å². The molecule has 3 N–H and O–H groups in total. The van der Waals surface area contributed by atoms with Gasteiger partial charge in [0.1, 0.15) is 0 Å². The van der Waals surface area contributed by atoms with Crippen LogP contribution >= 0.6 is 0 Å². The van der Waals surface area contributed by atoms with Crippen LogP contribution in [-0.2, 0) is 12.0 Å². The molecule has 0 radical (unpaired) electrons. The lowest BCUT2D eigenvalue weighted by Gasteiger charge is -2.64. The minimum atomic E-state index is 0.199. The van der Waals surface area contributed by atoms with Crippen LogP contribution in [0.3, 0.4) is 0 Å². The van der Waals surface area contributed by atoms with Gasteiger partial charge in [-0.25, -0.2) is 0 Å². The molecule has 36 heavy (non-hydrogen) atoms. The molecule has 0 spiro atoms. The lowest BCUT2D eigenvalue weighted by molar-refractivity contribution is -0.0867. The summed E-state index contributed by atoms with van der Waals surface area (Å²) in [6.07, 6.45) is 18.8. The number of piperidine rings is 3. The Morgan fingerprint density at radius 2 is 1.64 bits per heavy atom. The molecule has 196 valence electrons. The molecule has 1 aromatic heterocycles. The van der Waals surface area contributed by atoms with Crippen molar-refractivity contribution in [3.05, 3.63) is 29.1 Å². The zero-order valence-electron chi connectivity index (χ0n) is 22.7. The molecule has 3 saturated heterocycles. The van der Waals surface area contributed by atoms with Crippen LogP contribution in [0.15, 0.2) is 12.3 Å². The van der Waals surface area contributed by atoms with E-state index >= 15 is 0 Å². The number of hydrogen-bond acceptors (Lipinski definition) is 4. The van der Waals surface area contributed by atoms with Crippen molar-refractivity contribution in [2.24, 2.45) is 41.4 Å². The van der Waals surface area contributed by atoms with E-state index < -0.39 is 0 Å². The Hall–Kier alpha value is -0.970. The van der Waals surface area contributed by atoms with E-state index in [2.05, 4.69) is 42.1 Å². The Labute approximate surface area is 218 Å². The van der Waals surface area contributed by atoms with Crippen LogP contribution in [0.25, 0.3) is 0 Å². The van der Waals surface area contributed by atoms with Crippen LogP contribution in [0.4, 0.5) is 0 Å². The Balaban J connectivity index is 1.10. The quantitative estimate of drug-likeness (QED) is 0.490. The number of aromatic nitrogens is 1. The average molecular weight is 489 g/mol. The van der Waals surface area contributed by atoms with Crippen molar-refractivity contribution < 1.29 is 0 Å². The van der Waals surface area contributed by atoms with Gasteiger partial charge in [0.05, 0.1) is 0 Å². The van der Waals surface area contributed by atoms with Crippen molar-refractivity contribution in [1.29, 1.82) is 0 Å². The Kier molecular flexibility index (Phi) is 5.27. The highest BCUT2D eigenvalue weighted by atomic mass is 15.1. The maximum atomic E-state index is 5.23. The number of pyridine rings is 1. The molecule has 8 rings (SSSR count). The molecule has 0 aromatic carbocycles. The summed E-state index contributed by atoms with van der Waals surface area (Å²) in [5, 5.41) is 12.6. The first kappa shape index (κ1) is 23.0. The second kappa shape index (κ2) is 8.26. The van der Waals surface area contributed by atoms with Crippen LogP contribution in [-0.4, -0.2) is 29.7 Å². The van der Waals surface area contributed by atoms with Gasteiger partial charge < -0.3 is 16.0 Å². The Morgan fingerprint density at radius 1 is 0.833 bits per heavy atom. The van der Waals surface area contributed by atoms with Crippen LogP contribution < -0.4 is 16.0 Å². The van der Waals surface area contributed by atoms with E-state index in [1.165, 1.54) is 101 Å². The summed E-state index contributed by atoms with van der Waals surface area (Å²) in [5.41, 5.74) is 5.12. The predicted molar refractivity (Wildman–Crippen MR) is 145 cm³/mol.